The van der Waals surface area contributed by atoms with Crippen LogP contribution < -0.4 is 16.6 Å². The van der Waals surface area contributed by atoms with E-state index in [1.54, 1.807) is 0 Å². The number of rotatable bonds is 4. The van der Waals surface area contributed by atoms with Crippen LogP contribution in [0.3, 0.4) is 0 Å². The highest BCUT2D eigenvalue weighted by molar-refractivity contribution is 9.10. The average Bonchev–Trinajstić information content (AvgIpc) is 2.29. The van der Waals surface area contributed by atoms with Gasteiger partial charge in [0.25, 0.3) is 0 Å². The van der Waals surface area contributed by atoms with E-state index in [0.717, 1.165) is 16.6 Å². The van der Waals surface area contributed by atoms with Gasteiger partial charge in [-0.1, -0.05) is 41.9 Å². The largest absolute Gasteiger partial charge is 0.355 e. The Morgan fingerprint density at radius 2 is 2.24 bits per heavy atom. The van der Waals surface area contributed by atoms with Crippen molar-refractivity contribution in [2.24, 2.45) is 16.8 Å². The zero-order chi connectivity index (χ0) is 12.7. The molecule has 0 amide bonds. The summed E-state index contributed by atoms with van der Waals surface area (Å²) >= 11 is 3.43. The Hall–Kier alpha value is -1.07. The minimum absolute atomic E-state index is 0.555. The maximum Gasteiger partial charge on any atom is 0.206 e. The van der Waals surface area contributed by atoms with Crippen LogP contribution in [0.5, 0.6) is 0 Å². The highest BCUT2D eigenvalue weighted by atomic mass is 79.9. The van der Waals surface area contributed by atoms with E-state index >= 15 is 0 Å². The molecule has 0 unspecified atom stereocenters. The molecule has 1 rings (SSSR count). The first-order chi connectivity index (χ1) is 8.11. The fourth-order valence-electron chi connectivity index (χ4n) is 1.26. The van der Waals surface area contributed by atoms with Crippen molar-refractivity contribution in [1.29, 1.82) is 0 Å². The molecule has 0 spiro atoms. The molecule has 1 aromatic carbocycles. The Morgan fingerprint density at radius 1 is 1.47 bits per heavy atom. The standard InChI is InChI=1S/C12H19BrN4/c1-9(2)7-15-12(17-14)16-8-10-4-3-5-11(13)6-10/h3-6,9H,7-8,14H2,1-2H3,(H2,15,16,17). The van der Waals surface area contributed by atoms with Gasteiger partial charge in [0.1, 0.15) is 0 Å². The number of nitrogens with two attached hydrogens (primary N) is 1. The molecule has 0 saturated carbocycles. The normalized spacial score (nSPS) is 11.7. The molecule has 4 N–H and O–H groups in total. The van der Waals surface area contributed by atoms with E-state index in [1.807, 2.05) is 24.3 Å². The van der Waals surface area contributed by atoms with Gasteiger partial charge in [-0.25, -0.2) is 10.8 Å². The fraction of sp³-hybridized carbons (Fsp3) is 0.417. The van der Waals surface area contributed by atoms with E-state index in [9.17, 15) is 0 Å². The maximum absolute atomic E-state index is 5.40. The molecular weight excluding hydrogens is 280 g/mol. The van der Waals surface area contributed by atoms with Crippen molar-refractivity contribution in [2.45, 2.75) is 20.4 Å². The summed E-state index contributed by atoms with van der Waals surface area (Å²) in [7, 11) is 0. The van der Waals surface area contributed by atoms with Crippen LogP contribution >= 0.6 is 15.9 Å². The fourth-order valence-corrected chi connectivity index (χ4v) is 1.71. The quantitative estimate of drug-likeness (QED) is 0.345. The molecule has 1 aromatic rings. The van der Waals surface area contributed by atoms with Crippen molar-refractivity contribution in [1.82, 2.24) is 10.7 Å². The Balaban J connectivity index is 2.55. The van der Waals surface area contributed by atoms with Crippen molar-refractivity contribution in [2.75, 3.05) is 6.54 Å². The number of nitrogens with zero attached hydrogens (tertiary/aromatic N) is 1. The summed E-state index contributed by atoms with van der Waals surface area (Å²) in [5, 5.41) is 3.16. The number of benzene rings is 1. The van der Waals surface area contributed by atoms with Gasteiger partial charge in [0.05, 0.1) is 6.54 Å². The van der Waals surface area contributed by atoms with E-state index < -0.39 is 0 Å². The van der Waals surface area contributed by atoms with Gasteiger partial charge in [0.15, 0.2) is 0 Å². The lowest BCUT2D eigenvalue weighted by molar-refractivity contribution is 0.615. The van der Waals surface area contributed by atoms with E-state index in [-0.39, 0.29) is 0 Å². The number of aliphatic imine (C=N–C) groups is 1. The molecule has 17 heavy (non-hydrogen) atoms. The van der Waals surface area contributed by atoms with Crippen LogP contribution in [0.25, 0.3) is 0 Å². The van der Waals surface area contributed by atoms with Gasteiger partial charge < -0.3 is 5.32 Å². The van der Waals surface area contributed by atoms with E-state index in [2.05, 4.69) is 45.5 Å². The Morgan fingerprint density at radius 3 is 2.82 bits per heavy atom. The number of nitrogens with one attached hydrogen (secondary N) is 2. The highest BCUT2D eigenvalue weighted by Crippen LogP contribution is 2.12. The minimum Gasteiger partial charge on any atom is -0.355 e. The third-order valence-electron chi connectivity index (χ3n) is 2.12. The van der Waals surface area contributed by atoms with Gasteiger partial charge in [0.2, 0.25) is 5.96 Å². The first-order valence-electron chi connectivity index (χ1n) is 5.61. The molecule has 0 fully saturated rings. The van der Waals surface area contributed by atoms with Crippen molar-refractivity contribution in [3.63, 3.8) is 0 Å². The lowest BCUT2D eigenvalue weighted by Gasteiger charge is -2.11. The lowest BCUT2D eigenvalue weighted by atomic mass is 10.2. The third-order valence-corrected chi connectivity index (χ3v) is 2.62. The van der Waals surface area contributed by atoms with Crippen LogP contribution in [0.4, 0.5) is 0 Å². The zero-order valence-corrected chi connectivity index (χ0v) is 11.8. The summed E-state index contributed by atoms with van der Waals surface area (Å²) in [6.07, 6.45) is 0. The van der Waals surface area contributed by atoms with Crippen LogP contribution in [-0.2, 0) is 6.54 Å². The first-order valence-corrected chi connectivity index (χ1v) is 6.40. The summed E-state index contributed by atoms with van der Waals surface area (Å²) in [6, 6.07) is 8.06. The van der Waals surface area contributed by atoms with E-state index in [0.29, 0.717) is 18.4 Å². The smallest absolute Gasteiger partial charge is 0.206 e. The summed E-state index contributed by atoms with van der Waals surface area (Å²) < 4.78 is 1.06. The van der Waals surface area contributed by atoms with Crippen molar-refractivity contribution in [3.05, 3.63) is 34.3 Å². The highest BCUT2D eigenvalue weighted by Gasteiger charge is 1.98. The van der Waals surface area contributed by atoms with Crippen LogP contribution in [0.15, 0.2) is 33.7 Å². The third kappa shape index (κ3) is 5.70. The first kappa shape index (κ1) is 14.0. The predicted molar refractivity (Wildman–Crippen MR) is 75.4 cm³/mol. The van der Waals surface area contributed by atoms with Gasteiger partial charge >= 0.3 is 0 Å². The van der Waals surface area contributed by atoms with E-state index in [1.165, 1.54) is 0 Å². The van der Waals surface area contributed by atoms with Gasteiger partial charge in [-0.2, -0.15) is 0 Å². The average molecular weight is 299 g/mol. The molecule has 0 bridgehead atoms. The Labute approximate surface area is 111 Å². The molecule has 0 aliphatic carbocycles. The number of hydrazine groups is 1. The summed E-state index contributed by atoms with van der Waals surface area (Å²) in [5.41, 5.74) is 3.71. The van der Waals surface area contributed by atoms with Gasteiger partial charge in [-0.15, -0.1) is 0 Å². The molecule has 0 aromatic heterocycles. The number of guanidine groups is 1. The molecular formula is C12H19BrN4. The van der Waals surface area contributed by atoms with Crippen LogP contribution in [0.1, 0.15) is 19.4 Å². The molecule has 0 aliphatic rings. The maximum atomic E-state index is 5.40. The van der Waals surface area contributed by atoms with Crippen LogP contribution in [0.2, 0.25) is 0 Å². The molecule has 94 valence electrons. The number of hydrogen-bond donors (Lipinski definition) is 3. The minimum atomic E-state index is 0.555. The molecule has 4 nitrogen and oxygen atoms in total. The second-order valence-corrected chi connectivity index (χ2v) is 5.13. The molecule has 0 atom stereocenters. The van der Waals surface area contributed by atoms with Crippen LogP contribution in [-0.4, -0.2) is 12.5 Å². The predicted octanol–water partition coefficient (Wildman–Crippen LogP) is 2.01. The summed E-state index contributed by atoms with van der Waals surface area (Å²) in [6.45, 7) is 5.72. The Bertz CT molecular complexity index is 377. The van der Waals surface area contributed by atoms with Gasteiger partial charge in [-0.05, 0) is 23.6 Å². The molecule has 0 aliphatic heterocycles. The van der Waals surface area contributed by atoms with Crippen molar-refractivity contribution >= 4 is 21.9 Å². The number of halogens is 1. The lowest BCUT2D eigenvalue weighted by Crippen LogP contribution is -2.42. The van der Waals surface area contributed by atoms with Crippen LogP contribution in [0, 0.1) is 5.92 Å². The van der Waals surface area contributed by atoms with Gasteiger partial charge in [-0.3, -0.25) is 5.43 Å². The van der Waals surface area contributed by atoms with E-state index in [4.69, 9.17) is 5.84 Å². The molecule has 0 heterocycles. The Kier molecular flexibility index (Phi) is 6.00. The van der Waals surface area contributed by atoms with Crippen molar-refractivity contribution < 1.29 is 0 Å². The second kappa shape index (κ2) is 7.29. The summed E-state index contributed by atoms with van der Waals surface area (Å²) in [5.74, 6) is 6.58. The second-order valence-electron chi connectivity index (χ2n) is 4.21. The monoisotopic (exact) mass is 298 g/mol. The molecule has 0 saturated heterocycles. The number of hydrogen-bond acceptors (Lipinski definition) is 2. The zero-order valence-electron chi connectivity index (χ0n) is 10.2. The van der Waals surface area contributed by atoms with Gasteiger partial charge in [0, 0.05) is 11.0 Å². The summed E-state index contributed by atoms with van der Waals surface area (Å²) in [4.78, 5) is 4.37. The SMILES string of the molecule is CC(C)CNC(=NCc1cccc(Br)c1)NN. The molecule has 0 radical (unpaired) electrons. The molecule has 5 heteroatoms. The topological polar surface area (TPSA) is 62.4 Å². The van der Waals surface area contributed by atoms with Crippen molar-refractivity contribution in [3.8, 4) is 0 Å².